The van der Waals surface area contributed by atoms with Gasteiger partial charge in [0, 0.05) is 19.3 Å². The molecule has 1 atom stereocenters. The van der Waals surface area contributed by atoms with Crippen LogP contribution in [-0.2, 0) is 28.6 Å². The fourth-order valence-corrected chi connectivity index (χ4v) is 9.72. The van der Waals surface area contributed by atoms with Gasteiger partial charge in [0.25, 0.3) is 0 Å². The summed E-state index contributed by atoms with van der Waals surface area (Å²) in [5, 5.41) is 0. The van der Waals surface area contributed by atoms with Gasteiger partial charge in [0.15, 0.2) is 6.10 Å². The zero-order valence-electron chi connectivity index (χ0n) is 50.8. The molecule has 6 nitrogen and oxygen atoms in total. The highest BCUT2D eigenvalue weighted by molar-refractivity contribution is 5.71. The first kappa shape index (κ1) is 73.1. The molecule has 0 aromatic carbocycles. The lowest BCUT2D eigenvalue weighted by Gasteiger charge is -2.18. The van der Waals surface area contributed by atoms with E-state index in [1.807, 2.05) is 0 Å². The van der Waals surface area contributed by atoms with Gasteiger partial charge in [0.2, 0.25) is 0 Å². The van der Waals surface area contributed by atoms with Crippen LogP contribution in [0.1, 0.15) is 348 Å². The summed E-state index contributed by atoms with van der Waals surface area (Å²) in [6.45, 7) is 6.64. The Labute approximate surface area is 472 Å². The van der Waals surface area contributed by atoms with Crippen LogP contribution in [0.2, 0.25) is 0 Å². The van der Waals surface area contributed by atoms with Crippen molar-refractivity contribution in [2.45, 2.75) is 354 Å². The van der Waals surface area contributed by atoms with Crippen LogP contribution in [0, 0.1) is 0 Å². The van der Waals surface area contributed by atoms with E-state index in [1.165, 1.54) is 225 Å². The Morgan fingerprint density at radius 2 is 0.474 bits per heavy atom. The zero-order valence-corrected chi connectivity index (χ0v) is 50.8. The minimum Gasteiger partial charge on any atom is -0.462 e. The van der Waals surface area contributed by atoms with Gasteiger partial charge in [0.05, 0.1) is 0 Å². The van der Waals surface area contributed by atoms with E-state index in [9.17, 15) is 14.4 Å². The van der Waals surface area contributed by atoms with Gasteiger partial charge in [0.1, 0.15) is 13.2 Å². The average Bonchev–Trinajstić information content (AvgIpc) is 3.42. The van der Waals surface area contributed by atoms with Crippen LogP contribution >= 0.6 is 0 Å². The molecule has 0 fully saturated rings. The summed E-state index contributed by atoms with van der Waals surface area (Å²) in [5.41, 5.74) is 0. The van der Waals surface area contributed by atoms with E-state index >= 15 is 0 Å². The number of hydrogen-bond donors (Lipinski definition) is 0. The summed E-state index contributed by atoms with van der Waals surface area (Å²) in [6.07, 6.45) is 82.4. The molecule has 0 saturated heterocycles. The molecule has 442 valence electrons. The van der Waals surface area contributed by atoms with E-state index in [-0.39, 0.29) is 31.1 Å². The third kappa shape index (κ3) is 62.0. The molecule has 0 N–H and O–H groups in total. The fourth-order valence-electron chi connectivity index (χ4n) is 9.72. The van der Waals surface area contributed by atoms with Crippen LogP contribution < -0.4 is 0 Å². The number of ether oxygens (including phenoxy) is 3. The Morgan fingerprint density at radius 1 is 0.263 bits per heavy atom. The third-order valence-electron chi connectivity index (χ3n) is 14.7. The van der Waals surface area contributed by atoms with Gasteiger partial charge in [-0.05, 0) is 89.9 Å². The van der Waals surface area contributed by atoms with Crippen molar-refractivity contribution in [3.63, 3.8) is 0 Å². The van der Waals surface area contributed by atoms with E-state index in [0.29, 0.717) is 19.3 Å². The Hall–Kier alpha value is -2.89. The highest BCUT2D eigenvalue weighted by Gasteiger charge is 2.19. The summed E-state index contributed by atoms with van der Waals surface area (Å²) in [7, 11) is 0. The normalized spacial score (nSPS) is 12.4. The van der Waals surface area contributed by atoms with Crippen molar-refractivity contribution >= 4 is 17.9 Å². The van der Waals surface area contributed by atoms with Gasteiger partial charge >= 0.3 is 17.9 Å². The van der Waals surface area contributed by atoms with Gasteiger partial charge in [-0.1, -0.05) is 300 Å². The molecule has 0 radical (unpaired) electrons. The second-order valence-corrected chi connectivity index (χ2v) is 22.4. The van der Waals surface area contributed by atoms with Gasteiger partial charge in [-0.3, -0.25) is 14.4 Å². The number of carbonyl (C=O) groups is 3. The Morgan fingerprint density at radius 3 is 0.737 bits per heavy atom. The highest BCUT2D eigenvalue weighted by atomic mass is 16.6. The van der Waals surface area contributed by atoms with E-state index in [0.717, 1.165) is 83.5 Å². The quantitative estimate of drug-likeness (QED) is 0.0261. The van der Waals surface area contributed by atoms with Crippen LogP contribution in [0.4, 0.5) is 0 Å². The number of carbonyl (C=O) groups excluding carboxylic acids is 3. The zero-order chi connectivity index (χ0) is 55.0. The maximum absolute atomic E-state index is 12.9. The SMILES string of the molecule is CCCCCCC/C=C\C/C=C\C/C=C\CCCCCCCCC(=O)OC(COC(=O)CCCCCCCCCCCC)COC(=O)CCCCCCCCCCCCCCCCC/C=C\C/C=C\CCCCCCC. The van der Waals surface area contributed by atoms with Crippen molar-refractivity contribution in [3.8, 4) is 0 Å². The van der Waals surface area contributed by atoms with Crippen molar-refractivity contribution < 1.29 is 28.6 Å². The van der Waals surface area contributed by atoms with Crippen LogP contribution in [-0.4, -0.2) is 37.2 Å². The maximum Gasteiger partial charge on any atom is 0.306 e. The molecular weight excluding hydrogens is 937 g/mol. The fraction of sp³-hybridized carbons (Fsp3) is 0.814. The molecule has 0 spiro atoms. The molecule has 0 heterocycles. The molecule has 0 rings (SSSR count). The molecular formula is C70H126O6. The van der Waals surface area contributed by atoms with Crippen molar-refractivity contribution in [1.82, 2.24) is 0 Å². The van der Waals surface area contributed by atoms with Crippen molar-refractivity contribution in [2.75, 3.05) is 13.2 Å². The number of hydrogen-bond acceptors (Lipinski definition) is 6. The van der Waals surface area contributed by atoms with E-state index in [1.54, 1.807) is 0 Å². The molecule has 76 heavy (non-hydrogen) atoms. The van der Waals surface area contributed by atoms with Gasteiger partial charge < -0.3 is 14.2 Å². The second-order valence-electron chi connectivity index (χ2n) is 22.4. The van der Waals surface area contributed by atoms with Crippen molar-refractivity contribution in [1.29, 1.82) is 0 Å². The van der Waals surface area contributed by atoms with E-state index < -0.39 is 6.10 Å². The predicted octanol–water partition coefficient (Wildman–Crippen LogP) is 22.7. The molecule has 0 aliphatic heterocycles. The highest BCUT2D eigenvalue weighted by Crippen LogP contribution is 2.17. The van der Waals surface area contributed by atoms with E-state index in [2.05, 4.69) is 81.5 Å². The molecule has 0 aromatic rings. The number of allylic oxidation sites excluding steroid dienone is 10. The minimum absolute atomic E-state index is 0.0761. The Balaban J connectivity index is 4.21. The summed E-state index contributed by atoms with van der Waals surface area (Å²) < 4.78 is 16.9. The largest absolute Gasteiger partial charge is 0.462 e. The van der Waals surface area contributed by atoms with Crippen LogP contribution in [0.3, 0.4) is 0 Å². The molecule has 0 aromatic heterocycles. The first-order valence-electron chi connectivity index (χ1n) is 33.3. The molecule has 0 aliphatic rings. The molecule has 6 heteroatoms. The summed E-state index contributed by atoms with van der Waals surface area (Å²) in [6, 6.07) is 0. The topological polar surface area (TPSA) is 78.9 Å². The van der Waals surface area contributed by atoms with Crippen LogP contribution in [0.15, 0.2) is 60.8 Å². The predicted molar refractivity (Wildman–Crippen MR) is 330 cm³/mol. The number of rotatable bonds is 61. The Bertz CT molecular complexity index is 1360. The van der Waals surface area contributed by atoms with E-state index in [4.69, 9.17) is 14.2 Å². The minimum atomic E-state index is -0.779. The van der Waals surface area contributed by atoms with Crippen LogP contribution in [0.25, 0.3) is 0 Å². The van der Waals surface area contributed by atoms with Gasteiger partial charge in [-0.15, -0.1) is 0 Å². The van der Waals surface area contributed by atoms with Gasteiger partial charge in [-0.2, -0.15) is 0 Å². The summed E-state index contributed by atoms with van der Waals surface area (Å²) in [5.74, 6) is -0.872. The van der Waals surface area contributed by atoms with Crippen molar-refractivity contribution in [2.24, 2.45) is 0 Å². The summed E-state index contributed by atoms with van der Waals surface area (Å²) >= 11 is 0. The molecule has 0 saturated carbocycles. The third-order valence-corrected chi connectivity index (χ3v) is 14.7. The lowest BCUT2D eigenvalue weighted by atomic mass is 10.0. The second kappa shape index (κ2) is 64.6. The molecule has 0 amide bonds. The summed E-state index contributed by atoms with van der Waals surface area (Å²) in [4.78, 5) is 38.3. The van der Waals surface area contributed by atoms with Crippen LogP contribution in [0.5, 0.6) is 0 Å². The standard InChI is InChI=1S/C70H126O6/c1-4-7-10-13-16-19-22-24-26-28-30-32-33-34-35-36-37-39-40-42-44-46-48-51-54-57-60-63-69(72)75-66-67(65-74-68(71)62-59-56-53-50-21-18-15-12-9-6-3)76-70(73)64-61-58-55-52-49-47-45-43-41-38-31-29-27-25-23-20-17-14-11-8-5-2/h22-25,28-31,41,43,67H,4-21,26-27,32-40,42,44-66H2,1-3H3/b24-22-,25-23-,30-28-,31-29-,43-41-. The lowest BCUT2D eigenvalue weighted by Crippen LogP contribution is -2.30. The van der Waals surface area contributed by atoms with Gasteiger partial charge in [-0.25, -0.2) is 0 Å². The smallest absolute Gasteiger partial charge is 0.306 e. The molecule has 1 unspecified atom stereocenters. The first-order chi connectivity index (χ1) is 37.5. The number of esters is 3. The maximum atomic E-state index is 12.9. The first-order valence-corrected chi connectivity index (χ1v) is 33.3. The monoisotopic (exact) mass is 1060 g/mol. The molecule has 0 bridgehead atoms. The number of unbranched alkanes of at least 4 members (excludes halogenated alkanes) is 40. The van der Waals surface area contributed by atoms with Crippen molar-refractivity contribution in [3.05, 3.63) is 60.8 Å². The lowest BCUT2D eigenvalue weighted by molar-refractivity contribution is -0.167. The average molecular weight is 1060 g/mol. The Kier molecular flexibility index (Phi) is 62.2. The molecule has 0 aliphatic carbocycles.